The monoisotopic (exact) mass is 317 g/mol. The van der Waals surface area contributed by atoms with Crippen LogP contribution in [-0.2, 0) is 11.2 Å². The Balaban J connectivity index is 1.51. The van der Waals surface area contributed by atoms with Gasteiger partial charge in [0.25, 0.3) is 0 Å². The Morgan fingerprint density at radius 1 is 1.43 bits per heavy atom. The Hall–Kier alpha value is -2.51. The Labute approximate surface area is 133 Å². The van der Waals surface area contributed by atoms with Gasteiger partial charge in [-0.1, -0.05) is 5.16 Å². The van der Waals surface area contributed by atoms with Gasteiger partial charge in [-0.2, -0.15) is 4.98 Å². The minimum Gasteiger partial charge on any atom is -0.444 e. The maximum absolute atomic E-state index is 11.9. The molecule has 0 saturated carbocycles. The standard InChI is InChI=1S/C15H19N5O3/c1-15(2,3)22-14(21)20-7-10(8-20)6-12-18-13(19-23-12)11-4-5-16-9-17-11/h4-5,9-10H,6-8H2,1-3H3. The van der Waals surface area contributed by atoms with Crippen LogP contribution in [0.15, 0.2) is 23.1 Å². The molecule has 1 aliphatic heterocycles. The van der Waals surface area contributed by atoms with Crippen LogP contribution in [0.1, 0.15) is 26.7 Å². The first-order valence-electron chi connectivity index (χ1n) is 7.47. The fraction of sp³-hybridized carbons (Fsp3) is 0.533. The zero-order chi connectivity index (χ0) is 16.4. The lowest BCUT2D eigenvalue weighted by molar-refractivity contribution is -0.00186. The predicted molar refractivity (Wildman–Crippen MR) is 80.3 cm³/mol. The fourth-order valence-electron chi connectivity index (χ4n) is 2.29. The molecule has 0 unspecified atom stereocenters. The number of rotatable bonds is 3. The van der Waals surface area contributed by atoms with Crippen molar-refractivity contribution in [1.82, 2.24) is 25.0 Å². The summed E-state index contributed by atoms with van der Waals surface area (Å²) in [7, 11) is 0. The van der Waals surface area contributed by atoms with E-state index in [2.05, 4.69) is 20.1 Å². The molecule has 2 aromatic rings. The van der Waals surface area contributed by atoms with Crippen LogP contribution in [-0.4, -0.2) is 49.8 Å². The average Bonchev–Trinajstić information content (AvgIpc) is 2.90. The average molecular weight is 317 g/mol. The van der Waals surface area contributed by atoms with Crippen LogP contribution in [0.2, 0.25) is 0 Å². The highest BCUT2D eigenvalue weighted by atomic mass is 16.6. The molecule has 1 aliphatic rings. The van der Waals surface area contributed by atoms with Crippen LogP contribution < -0.4 is 0 Å². The molecule has 1 amide bonds. The summed E-state index contributed by atoms with van der Waals surface area (Å²) in [4.78, 5) is 25.8. The summed E-state index contributed by atoms with van der Waals surface area (Å²) >= 11 is 0. The molecule has 0 spiro atoms. The molecule has 8 heteroatoms. The number of hydrogen-bond acceptors (Lipinski definition) is 7. The fourth-order valence-corrected chi connectivity index (χ4v) is 2.29. The van der Waals surface area contributed by atoms with E-state index in [1.54, 1.807) is 17.2 Å². The smallest absolute Gasteiger partial charge is 0.410 e. The van der Waals surface area contributed by atoms with E-state index in [4.69, 9.17) is 9.26 Å². The number of carbonyl (C=O) groups excluding carboxylic acids is 1. The van der Waals surface area contributed by atoms with Crippen molar-refractivity contribution in [2.45, 2.75) is 32.8 Å². The Bertz CT molecular complexity index is 674. The van der Waals surface area contributed by atoms with Gasteiger partial charge in [0.05, 0.1) is 0 Å². The van der Waals surface area contributed by atoms with Crippen molar-refractivity contribution < 1.29 is 14.1 Å². The van der Waals surface area contributed by atoms with E-state index in [-0.39, 0.29) is 6.09 Å². The van der Waals surface area contributed by atoms with Crippen molar-refractivity contribution in [3.05, 3.63) is 24.5 Å². The SMILES string of the molecule is CC(C)(C)OC(=O)N1CC(Cc2nc(-c3ccncn3)no2)C1. The van der Waals surface area contributed by atoms with Gasteiger partial charge in [0.1, 0.15) is 17.6 Å². The van der Waals surface area contributed by atoms with Gasteiger partial charge in [0, 0.05) is 31.6 Å². The number of nitrogens with zero attached hydrogens (tertiary/aromatic N) is 5. The second kappa shape index (κ2) is 5.94. The zero-order valence-corrected chi connectivity index (χ0v) is 13.4. The van der Waals surface area contributed by atoms with E-state index in [0.717, 1.165) is 0 Å². The van der Waals surface area contributed by atoms with Gasteiger partial charge < -0.3 is 14.2 Å². The van der Waals surface area contributed by atoms with Gasteiger partial charge in [0.15, 0.2) is 0 Å². The lowest BCUT2D eigenvalue weighted by atomic mass is 9.97. The molecule has 0 aliphatic carbocycles. The van der Waals surface area contributed by atoms with E-state index in [0.29, 0.717) is 42.8 Å². The van der Waals surface area contributed by atoms with Gasteiger partial charge in [-0.25, -0.2) is 14.8 Å². The van der Waals surface area contributed by atoms with Crippen molar-refractivity contribution in [3.8, 4) is 11.5 Å². The molecule has 1 saturated heterocycles. The van der Waals surface area contributed by atoms with E-state index >= 15 is 0 Å². The van der Waals surface area contributed by atoms with Gasteiger partial charge >= 0.3 is 6.09 Å². The molecule has 0 bridgehead atoms. The van der Waals surface area contributed by atoms with Crippen molar-refractivity contribution in [1.29, 1.82) is 0 Å². The molecule has 8 nitrogen and oxygen atoms in total. The number of aromatic nitrogens is 4. The number of ether oxygens (including phenoxy) is 1. The number of likely N-dealkylation sites (tertiary alicyclic amines) is 1. The van der Waals surface area contributed by atoms with Crippen LogP contribution in [0, 0.1) is 5.92 Å². The normalized spacial score (nSPS) is 15.3. The molecule has 2 aromatic heterocycles. The summed E-state index contributed by atoms with van der Waals surface area (Å²) in [6.45, 7) is 6.85. The summed E-state index contributed by atoms with van der Waals surface area (Å²) in [5, 5.41) is 3.92. The molecule has 0 atom stereocenters. The summed E-state index contributed by atoms with van der Waals surface area (Å²) in [5.41, 5.74) is 0.153. The van der Waals surface area contributed by atoms with Crippen LogP contribution in [0.5, 0.6) is 0 Å². The highest BCUT2D eigenvalue weighted by Crippen LogP contribution is 2.23. The van der Waals surface area contributed by atoms with Crippen molar-refractivity contribution >= 4 is 6.09 Å². The predicted octanol–water partition coefficient (Wildman–Crippen LogP) is 1.94. The van der Waals surface area contributed by atoms with Gasteiger partial charge in [-0.3, -0.25) is 0 Å². The maximum atomic E-state index is 11.9. The van der Waals surface area contributed by atoms with Gasteiger partial charge in [-0.15, -0.1) is 0 Å². The van der Waals surface area contributed by atoms with Crippen LogP contribution in [0.4, 0.5) is 4.79 Å². The highest BCUT2D eigenvalue weighted by molar-refractivity contribution is 5.69. The van der Waals surface area contributed by atoms with Crippen LogP contribution >= 0.6 is 0 Å². The molecule has 0 aromatic carbocycles. The molecule has 3 heterocycles. The van der Waals surface area contributed by atoms with Crippen molar-refractivity contribution in [3.63, 3.8) is 0 Å². The third-order valence-corrected chi connectivity index (χ3v) is 3.35. The lowest BCUT2D eigenvalue weighted by Crippen LogP contribution is -2.52. The number of amides is 1. The second-order valence-corrected chi connectivity index (χ2v) is 6.56. The highest BCUT2D eigenvalue weighted by Gasteiger charge is 2.34. The van der Waals surface area contributed by atoms with E-state index in [9.17, 15) is 4.79 Å². The van der Waals surface area contributed by atoms with Crippen molar-refractivity contribution in [2.24, 2.45) is 5.92 Å². The van der Waals surface area contributed by atoms with E-state index in [1.807, 2.05) is 20.8 Å². The molecule has 3 rings (SSSR count). The largest absolute Gasteiger partial charge is 0.444 e. The number of carbonyl (C=O) groups is 1. The van der Waals surface area contributed by atoms with Crippen LogP contribution in [0.25, 0.3) is 11.5 Å². The topological polar surface area (TPSA) is 94.2 Å². The zero-order valence-electron chi connectivity index (χ0n) is 13.4. The summed E-state index contributed by atoms with van der Waals surface area (Å²) in [6.07, 6.45) is 3.43. The number of hydrogen-bond donors (Lipinski definition) is 0. The molecule has 1 fully saturated rings. The first-order valence-corrected chi connectivity index (χ1v) is 7.47. The second-order valence-electron chi connectivity index (χ2n) is 6.56. The quantitative estimate of drug-likeness (QED) is 0.853. The Kier molecular flexibility index (Phi) is 3.97. The maximum Gasteiger partial charge on any atom is 0.410 e. The third-order valence-electron chi connectivity index (χ3n) is 3.35. The lowest BCUT2D eigenvalue weighted by Gasteiger charge is -2.39. The Morgan fingerprint density at radius 3 is 2.87 bits per heavy atom. The molecule has 122 valence electrons. The van der Waals surface area contributed by atoms with E-state index in [1.165, 1.54) is 6.33 Å². The molecule has 23 heavy (non-hydrogen) atoms. The van der Waals surface area contributed by atoms with E-state index < -0.39 is 5.60 Å². The molecule has 0 N–H and O–H groups in total. The van der Waals surface area contributed by atoms with Crippen molar-refractivity contribution in [2.75, 3.05) is 13.1 Å². The first kappa shape index (κ1) is 15.4. The minimum atomic E-state index is -0.471. The first-order chi connectivity index (χ1) is 10.9. The molecular weight excluding hydrogens is 298 g/mol. The molecule has 0 radical (unpaired) electrons. The summed E-state index contributed by atoms with van der Waals surface area (Å²) in [5.74, 6) is 1.30. The minimum absolute atomic E-state index is 0.277. The summed E-state index contributed by atoms with van der Waals surface area (Å²) < 4.78 is 10.6. The third kappa shape index (κ3) is 3.82. The van der Waals surface area contributed by atoms with Crippen LogP contribution in [0.3, 0.4) is 0 Å². The Morgan fingerprint density at radius 2 is 2.22 bits per heavy atom. The van der Waals surface area contributed by atoms with Gasteiger partial charge in [0.2, 0.25) is 11.7 Å². The molecular formula is C15H19N5O3. The van der Waals surface area contributed by atoms with Gasteiger partial charge in [-0.05, 0) is 26.8 Å². The summed E-state index contributed by atoms with van der Waals surface area (Å²) in [6, 6.07) is 1.72.